The molecule has 128 valence electrons. The molecule has 0 bridgehead atoms. The summed E-state index contributed by atoms with van der Waals surface area (Å²) in [6, 6.07) is 7.41. The Morgan fingerprint density at radius 2 is 1.71 bits per heavy atom. The summed E-state index contributed by atoms with van der Waals surface area (Å²) in [5.41, 5.74) is 2.69. The van der Waals surface area contributed by atoms with Crippen molar-refractivity contribution >= 4 is 5.91 Å². The van der Waals surface area contributed by atoms with Gasteiger partial charge in [-0.25, -0.2) is 0 Å². The highest BCUT2D eigenvalue weighted by Gasteiger charge is 2.14. The van der Waals surface area contributed by atoms with Crippen molar-refractivity contribution in [1.29, 1.82) is 0 Å². The van der Waals surface area contributed by atoms with Gasteiger partial charge in [0.1, 0.15) is 0 Å². The minimum Gasteiger partial charge on any atom is -0.493 e. The lowest BCUT2D eigenvalue weighted by atomic mass is 10.1. The molecule has 0 saturated carbocycles. The van der Waals surface area contributed by atoms with Crippen molar-refractivity contribution in [3.63, 3.8) is 0 Å². The first-order valence-electron chi connectivity index (χ1n) is 7.54. The second kappa shape index (κ2) is 8.19. The molecule has 0 aliphatic carbocycles. The van der Waals surface area contributed by atoms with Crippen molar-refractivity contribution in [2.45, 2.75) is 19.9 Å². The molecule has 0 radical (unpaired) electrons. The maximum absolute atomic E-state index is 12.2. The standard InChI is InChI=1S/C18H22N2O4/c1-12-5-6-13(10-19-12)11-20-17(21)9-14-7-15(22-2)18(24-4)16(8-14)23-3/h5-8,10H,9,11H2,1-4H3,(H,20,21). The Hall–Kier alpha value is -2.76. The van der Waals surface area contributed by atoms with Crippen LogP contribution in [0.1, 0.15) is 16.8 Å². The van der Waals surface area contributed by atoms with Crippen LogP contribution in [0.3, 0.4) is 0 Å². The quantitative estimate of drug-likeness (QED) is 0.843. The van der Waals surface area contributed by atoms with E-state index in [2.05, 4.69) is 10.3 Å². The summed E-state index contributed by atoms with van der Waals surface area (Å²) in [5, 5.41) is 2.88. The van der Waals surface area contributed by atoms with Crippen LogP contribution in [0.15, 0.2) is 30.5 Å². The first-order valence-corrected chi connectivity index (χ1v) is 7.54. The third-order valence-electron chi connectivity index (χ3n) is 3.55. The van der Waals surface area contributed by atoms with Gasteiger partial charge in [0.05, 0.1) is 27.8 Å². The van der Waals surface area contributed by atoms with Crippen molar-refractivity contribution in [3.05, 3.63) is 47.3 Å². The Kier molecular flexibility index (Phi) is 6.01. The number of nitrogens with one attached hydrogen (secondary N) is 1. The van der Waals surface area contributed by atoms with Crippen LogP contribution in [0.25, 0.3) is 0 Å². The number of nitrogens with zero attached hydrogens (tertiary/aromatic N) is 1. The summed E-state index contributed by atoms with van der Waals surface area (Å²) < 4.78 is 15.9. The fourth-order valence-electron chi connectivity index (χ4n) is 2.29. The summed E-state index contributed by atoms with van der Waals surface area (Å²) in [6.45, 7) is 2.36. The number of carbonyl (C=O) groups excluding carboxylic acids is 1. The Morgan fingerprint density at radius 1 is 1.04 bits per heavy atom. The molecule has 0 atom stereocenters. The second-order valence-electron chi connectivity index (χ2n) is 5.29. The monoisotopic (exact) mass is 330 g/mol. The van der Waals surface area contributed by atoms with Gasteiger partial charge in [0.15, 0.2) is 11.5 Å². The van der Waals surface area contributed by atoms with Gasteiger partial charge in [-0.3, -0.25) is 9.78 Å². The van der Waals surface area contributed by atoms with Crippen LogP contribution >= 0.6 is 0 Å². The summed E-state index contributed by atoms with van der Waals surface area (Å²) in [6.07, 6.45) is 1.98. The van der Waals surface area contributed by atoms with Gasteiger partial charge < -0.3 is 19.5 Å². The molecule has 6 heteroatoms. The van der Waals surface area contributed by atoms with Gasteiger partial charge in [-0.15, -0.1) is 0 Å². The molecule has 0 aliphatic heterocycles. The molecule has 1 aromatic carbocycles. The SMILES string of the molecule is COc1cc(CC(=O)NCc2ccc(C)nc2)cc(OC)c1OC. The molecule has 0 fully saturated rings. The van der Waals surface area contributed by atoms with E-state index in [0.717, 1.165) is 16.8 Å². The number of carbonyl (C=O) groups is 1. The lowest BCUT2D eigenvalue weighted by Gasteiger charge is -2.14. The highest BCUT2D eigenvalue weighted by Crippen LogP contribution is 2.38. The zero-order chi connectivity index (χ0) is 17.5. The summed E-state index contributed by atoms with van der Waals surface area (Å²) in [4.78, 5) is 16.4. The average Bonchev–Trinajstić information content (AvgIpc) is 2.60. The Labute approximate surface area is 141 Å². The number of benzene rings is 1. The Balaban J connectivity index is 2.04. The van der Waals surface area contributed by atoms with Crippen molar-refractivity contribution in [1.82, 2.24) is 10.3 Å². The van der Waals surface area contributed by atoms with E-state index in [0.29, 0.717) is 23.8 Å². The van der Waals surface area contributed by atoms with E-state index in [1.165, 1.54) is 0 Å². The van der Waals surface area contributed by atoms with Gasteiger partial charge in [-0.05, 0) is 36.2 Å². The van der Waals surface area contributed by atoms with Gasteiger partial charge in [0.2, 0.25) is 11.7 Å². The van der Waals surface area contributed by atoms with Gasteiger partial charge in [-0.1, -0.05) is 6.07 Å². The van der Waals surface area contributed by atoms with E-state index < -0.39 is 0 Å². The van der Waals surface area contributed by atoms with E-state index in [1.807, 2.05) is 19.1 Å². The molecule has 0 aliphatic rings. The van der Waals surface area contributed by atoms with E-state index in [4.69, 9.17) is 14.2 Å². The van der Waals surface area contributed by atoms with Crippen LogP contribution in [0.4, 0.5) is 0 Å². The highest BCUT2D eigenvalue weighted by molar-refractivity contribution is 5.79. The summed E-state index contributed by atoms with van der Waals surface area (Å²) in [5.74, 6) is 1.48. The third kappa shape index (κ3) is 4.38. The molecule has 1 aromatic heterocycles. The predicted octanol–water partition coefficient (Wildman–Crippen LogP) is 2.27. The number of ether oxygens (including phenoxy) is 3. The third-order valence-corrected chi connectivity index (χ3v) is 3.55. The van der Waals surface area contributed by atoms with E-state index in [-0.39, 0.29) is 12.3 Å². The number of rotatable bonds is 7. The van der Waals surface area contributed by atoms with Crippen LogP contribution in [-0.2, 0) is 17.8 Å². The highest BCUT2D eigenvalue weighted by atomic mass is 16.5. The average molecular weight is 330 g/mol. The van der Waals surface area contributed by atoms with E-state index in [9.17, 15) is 4.79 Å². The number of amides is 1. The molecule has 1 heterocycles. The molecule has 24 heavy (non-hydrogen) atoms. The second-order valence-corrected chi connectivity index (χ2v) is 5.29. The maximum atomic E-state index is 12.2. The molecular weight excluding hydrogens is 308 g/mol. The molecule has 2 rings (SSSR count). The topological polar surface area (TPSA) is 69.7 Å². The fraction of sp³-hybridized carbons (Fsp3) is 0.333. The number of hydrogen-bond donors (Lipinski definition) is 1. The fourth-order valence-corrected chi connectivity index (χ4v) is 2.29. The van der Waals surface area contributed by atoms with Crippen LogP contribution in [0.5, 0.6) is 17.2 Å². The van der Waals surface area contributed by atoms with Crippen LogP contribution in [0.2, 0.25) is 0 Å². The Morgan fingerprint density at radius 3 is 2.21 bits per heavy atom. The molecule has 6 nitrogen and oxygen atoms in total. The normalized spacial score (nSPS) is 10.2. The van der Waals surface area contributed by atoms with Gasteiger partial charge in [0, 0.05) is 18.4 Å². The van der Waals surface area contributed by atoms with Crippen LogP contribution in [0, 0.1) is 6.92 Å². The lowest BCUT2D eigenvalue weighted by Crippen LogP contribution is -2.24. The number of aryl methyl sites for hydroxylation is 1. The summed E-state index contributed by atoms with van der Waals surface area (Å²) >= 11 is 0. The van der Waals surface area contributed by atoms with E-state index in [1.54, 1.807) is 39.7 Å². The van der Waals surface area contributed by atoms with Gasteiger partial charge >= 0.3 is 0 Å². The molecule has 2 aromatic rings. The van der Waals surface area contributed by atoms with E-state index >= 15 is 0 Å². The van der Waals surface area contributed by atoms with Crippen LogP contribution in [-0.4, -0.2) is 32.2 Å². The van der Waals surface area contributed by atoms with Crippen molar-refractivity contribution in [2.75, 3.05) is 21.3 Å². The molecule has 0 saturated heterocycles. The Bertz CT molecular complexity index is 674. The smallest absolute Gasteiger partial charge is 0.224 e. The zero-order valence-electron chi connectivity index (χ0n) is 14.4. The lowest BCUT2D eigenvalue weighted by molar-refractivity contribution is -0.120. The summed E-state index contributed by atoms with van der Waals surface area (Å²) in [7, 11) is 4.64. The molecule has 1 amide bonds. The minimum atomic E-state index is -0.0927. The number of methoxy groups -OCH3 is 3. The maximum Gasteiger partial charge on any atom is 0.224 e. The predicted molar refractivity (Wildman–Crippen MR) is 90.6 cm³/mol. The molecule has 1 N–H and O–H groups in total. The number of pyridine rings is 1. The number of aromatic nitrogens is 1. The first-order chi connectivity index (χ1) is 11.6. The largest absolute Gasteiger partial charge is 0.493 e. The van der Waals surface area contributed by atoms with Crippen LogP contribution < -0.4 is 19.5 Å². The zero-order valence-corrected chi connectivity index (χ0v) is 14.4. The minimum absolute atomic E-state index is 0.0927. The molecule has 0 spiro atoms. The number of hydrogen-bond acceptors (Lipinski definition) is 5. The molecular formula is C18H22N2O4. The van der Waals surface area contributed by atoms with Crippen molar-refractivity contribution in [2.24, 2.45) is 0 Å². The van der Waals surface area contributed by atoms with Crippen molar-refractivity contribution in [3.8, 4) is 17.2 Å². The molecule has 0 unspecified atom stereocenters. The van der Waals surface area contributed by atoms with Gasteiger partial charge in [0.25, 0.3) is 0 Å². The van der Waals surface area contributed by atoms with Crippen molar-refractivity contribution < 1.29 is 19.0 Å². The van der Waals surface area contributed by atoms with Gasteiger partial charge in [-0.2, -0.15) is 0 Å². The first kappa shape index (κ1) is 17.6.